The van der Waals surface area contributed by atoms with E-state index in [1.54, 1.807) is 13.4 Å². The van der Waals surface area contributed by atoms with Crippen molar-refractivity contribution in [2.45, 2.75) is 43.9 Å². The molecule has 2 bridgehead atoms. The summed E-state index contributed by atoms with van der Waals surface area (Å²) in [6.45, 7) is 0. The third-order valence-electron chi connectivity index (χ3n) is 4.78. The van der Waals surface area contributed by atoms with Crippen LogP contribution < -0.4 is 4.74 Å². The first kappa shape index (κ1) is 13.2. The van der Waals surface area contributed by atoms with E-state index in [-0.39, 0.29) is 5.38 Å². The first-order valence-corrected chi connectivity index (χ1v) is 7.67. The number of alkyl halides is 1. The summed E-state index contributed by atoms with van der Waals surface area (Å²) < 4.78 is 5.12. The molecule has 0 aromatic carbocycles. The van der Waals surface area contributed by atoms with Gasteiger partial charge >= 0.3 is 0 Å². The molecule has 2 aliphatic rings. The normalized spacial score (nSPS) is 30.5. The summed E-state index contributed by atoms with van der Waals surface area (Å²) in [6, 6.07) is 1.89. The van der Waals surface area contributed by atoms with Crippen LogP contribution in [0.4, 0.5) is 0 Å². The highest BCUT2D eigenvalue weighted by molar-refractivity contribution is 6.20. The minimum absolute atomic E-state index is 0.184. The molecule has 1 aromatic rings. The van der Waals surface area contributed by atoms with Crippen molar-refractivity contribution in [3.8, 4) is 5.88 Å². The lowest BCUT2D eigenvalue weighted by atomic mass is 9.85. The van der Waals surface area contributed by atoms with Crippen LogP contribution in [-0.2, 0) is 6.42 Å². The maximum absolute atomic E-state index is 6.53. The van der Waals surface area contributed by atoms with E-state index >= 15 is 0 Å². The number of rotatable bonds is 5. The Morgan fingerprint density at radius 3 is 2.95 bits per heavy atom. The molecule has 4 heteroatoms. The van der Waals surface area contributed by atoms with Gasteiger partial charge in [-0.05, 0) is 43.4 Å². The second-order valence-corrected chi connectivity index (χ2v) is 6.64. The Morgan fingerprint density at radius 1 is 1.37 bits per heavy atom. The van der Waals surface area contributed by atoms with E-state index in [1.165, 1.54) is 25.7 Å². The van der Waals surface area contributed by atoms with Crippen LogP contribution in [0.3, 0.4) is 0 Å². The quantitative estimate of drug-likeness (QED) is 0.775. The third-order valence-corrected chi connectivity index (χ3v) is 5.11. The molecule has 0 spiro atoms. The maximum Gasteiger partial charge on any atom is 0.216 e. The van der Waals surface area contributed by atoms with Gasteiger partial charge in [-0.3, -0.25) is 0 Å². The Kier molecular flexibility index (Phi) is 3.92. The predicted molar refractivity (Wildman–Crippen MR) is 75.5 cm³/mol. The van der Waals surface area contributed by atoms with Crippen LogP contribution in [0.5, 0.6) is 5.88 Å². The number of fused-ring (bicyclic) bond motifs is 2. The molecule has 1 heterocycles. The molecule has 3 nitrogen and oxygen atoms in total. The summed E-state index contributed by atoms with van der Waals surface area (Å²) in [5, 5.41) is 0.184. The number of methoxy groups -OCH3 is 1. The fourth-order valence-corrected chi connectivity index (χ4v) is 4.29. The lowest BCUT2D eigenvalue weighted by Gasteiger charge is -2.23. The lowest BCUT2D eigenvalue weighted by Crippen LogP contribution is -2.17. The van der Waals surface area contributed by atoms with Gasteiger partial charge in [-0.2, -0.15) is 0 Å². The van der Waals surface area contributed by atoms with E-state index in [9.17, 15) is 0 Å². The van der Waals surface area contributed by atoms with Crippen LogP contribution in [-0.4, -0.2) is 22.5 Å². The fourth-order valence-electron chi connectivity index (χ4n) is 3.90. The molecule has 2 fully saturated rings. The average molecular weight is 281 g/mol. The number of hydrogen-bond acceptors (Lipinski definition) is 3. The fraction of sp³-hybridized carbons (Fsp3) is 0.733. The molecular formula is C15H21ClN2O. The standard InChI is InChI=1S/C15H21ClN2O/c1-19-15-8-14(17-9-18-15)7-13(16)6-12-5-10-2-3-11(12)4-10/h8-13H,2-7H2,1H3. The van der Waals surface area contributed by atoms with Crippen LogP contribution in [0, 0.1) is 17.8 Å². The van der Waals surface area contributed by atoms with Crippen molar-refractivity contribution >= 4 is 11.6 Å². The first-order valence-electron chi connectivity index (χ1n) is 7.23. The first-order chi connectivity index (χ1) is 9.24. The Hall–Kier alpha value is -0.830. The van der Waals surface area contributed by atoms with Gasteiger partial charge in [-0.25, -0.2) is 9.97 Å². The Labute approximate surface area is 119 Å². The number of hydrogen-bond donors (Lipinski definition) is 0. The van der Waals surface area contributed by atoms with Crippen LogP contribution in [0.2, 0.25) is 0 Å². The zero-order valence-electron chi connectivity index (χ0n) is 11.4. The molecule has 4 atom stereocenters. The maximum atomic E-state index is 6.53. The molecular weight excluding hydrogens is 260 g/mol. The van der Waals surface area contributed by atoms with Gasteiger partial charge in [0.1, 0.15) is 6.33 Å². The Morgan fingerprint density at radius 2 is 2.26 bits per heavy atom. The van der Waals surface area contributed by atoms with Crippen molar-refractivity contribution in [2.75, 3.05) is 7.11 Å². The number of ether oxygens (including phenoxy) is 1. The van der Waals surface area contributed by atoms with Crippen molar-refractivity contribution < 1.29 is 4.74 Å². The molecule has 104 valence electrons. The summed E-state index contributed by atoms with van der Waals surface area (Å²) in [6.07, 6.45) is 9.24. The van der Waals surface area contributed by atoms with Crippen molar-refractivity contribution in [1.29, 1.82) is 0 Å². The van der Waals surface area contributed by atoms with Gasteiger partial charge < -0.3 is 4.74 Å². The summed E-state index contributed by atoms with van der Waals surface area (Å²) in [5.41, 5.74) is 0.981. The van der Waals surface area contributed by atoms with Crippen molar-refractivity contribution in [3.05, 3.63) is 18.1 Å². The van der Waals surface area contributed by atoms with E-state index in [4.69, 9.17) is 16.3 Å². The second-order valence-electron chi connectivity index (χ2n) is 6.02. The van der Waals surface area contributed by atoms with E-state index in [0.717, 1.165) is 36.3 Å². The van der Waals surface area contributed by atoms with E-state index in [1.807, 2.05) is 6.07 Å². The van der Waals surface area contributed by atoms with E-state index in [2.05, 4.69) is 9.97 Å². The topological polar surface area (TPSA) is 35.0 Å². The highest BCUT2D eigenvalue weighted by Gasteiger charge is 2.39. The molecule has 0 saturated heterocycles. The SMILES string of the molecule is COc1cc(CC(Cl)CC2CC3CCC2C3)ncn1. The molecule has 2 saturated carbocycles. The molecule has 0 N–H and O–H groups in total. The third kappa shape index (κ3) is 3.02. The lowest BCUT2D eigenvalue weighted by molar-refractivity contribution is 0.310. The second kappa shape index (κ2) is 5.66. The van der Waals surface area contributed by atoms with Crippen LogP contribution >= 0.6 is 11.6 Å². The van der Waals surface area contributed by atoms with Gasteiger partial charge in [-0.15, -0.1) is 11.6 Å². The van der Waals surface area contributed by atoms with Crippen LogP contribution in [0.15, 0.2) is 12.4 Å². The van der Waals surface area contributed by atoms with Crippen LogP contribution in [0.25, 0.3) is 0 Å². The molecule has 2 aliphatic carbocycles. The van der Waals surface area contributed by atoms with Gasteiger partial charge in [0.2, 0.25) is 5.88 Å². The average Bonchev–Trinajstić information content (AvgIpc) is 3.01. The highest BCUT2D eigenvalue weighted by atomic mass is 35.5. The van der Waals surface area contributed by atoms with E-state index < -0.39 is 0 Å². The zero-order valence-corrected chi connectivity index (χ0v) is 12.1. The van der Waals surface area contributed by atoms with Crippen molar-refractivity contribution in [3.63, 3.8) is 0 Å². The number of halogens is 1. The molecule has 1 aromatic heterocycles. The summed E-state index contributed by atoms with van der Waals surface area (Å²) in [4.78, 5) is 8.30. The summed E-state index contributed by atoms with van der Waals surface area (Å²) in [7, 11) is 1.62. The summed E-state index contributed by atoms with van der Waals surface area (Å²) in [5.74, 6) is 3.42. The smallest absolute Gasteiger partial charge is 0.216 e. The minimum Gasteiger partial charge on any atom is -0.481 e. The van der Waals surface area contributed by atoms with E-state index in [0.29, 0.717) is 5.88 Å². The predicted octanol–water partition coefficient (Wildman–Crippen LogP) is 3.46. The zero-order chi connectivity index (χ0) is 13.2. The van der Waals surface area contributed by atoms with Crippen molar-refractivity contribution in [1.82, 2.24) is 9.97 Å². The van der Waals surface area contributed by atoms with Crippen molar-refractivity contribution in [2.24, 2.45) is 17.8 Å². The molecule has 4 unspecified atom stereocenters. The van der Waals surface area contributed by atoms with Gasteiger partial charge in [0.25, 0.3) is 0 Å². The van der Waals surface area contributed by atoms with Crippen LogP contribution in [0.1, 0.15) is 37.8 Å². The largest absolute Gasteiger partial charge is 0.481 e. The minimum atomic E-state index is 0.184. The van der Waals surface area contributed by atoms with Gasteiger partial charge in [0, 0.05) is 23.6 Å². The summed E-state index contributed by atoms with van der Waals surface area (Å²) >= 11 is 6.53. The number of nitrogens with zero attached hydrogens (tertiary/aromatic N) is 2. The number of aromatic nitrogens is 2. The Balaban J connectivity index is 1.54. The monoisotopic (exact) mass is 280 g/mol. The Bertz CT molecular complexity index is 440. The van der Waals surface area contributed by atoms with Gasteiger partial charge in [0.05, 0.1) is 7.11 Å². The molecule has 0 radical (unpaired) electrons. The molecule has 19 heavy (non-hydrogen) atoms. The molecule has 0 aliphatic heterocycles. The molecule has 0 amide bonds. The van der Waals surface area contributed by atoms with Gasteiger partial charge in [0.15, 0.2) is 0 Å². The molecule has 3 rings (SSSR count). The van der Waals surface area contributed by atoms with Gasteiger partial charge in [-0.1, -0.05) is 6.42 Å². The highest BCUT2D eigenvalue weighted by Crippen LogP contribution is 2.50.